The van der Waals surface area contributed by atoms with Gasteiger partial charge in [-0.25, -0.2) is 18.2 Å². The molecule has 0 aliphatic carbocycles. The Bertz CT molecular complexity index is 482. The number of nitrogens with one attached hydrogen (secondary N) is 3. The van der Waals surface area contributed by atoms with Crippen LogP contribution in [0.1, 0.15) is 6.42 Å². The molecular weight excluding hydrogens is 232 g/mol. The van der Waals surface area contributed by atoms with E-state index in [0.29, 0.717) is 25.2 Å². The van der Waals surface area contributed by atoms with Crippen molar-refractivity contribution in [2.45, 2.75) is 6.42 Å². The van der Waals surface area contributed by atoms with E-state index < -0.39 is 10.0 Å². The lowest BCUT2D eigenvalue weighted by Gasteiger charge is -2.05. The molecule has 0 radical (unpaired) electrons. The summed E-state index contributed by atoms with van der Waals surface area (Å²) in [6, 6.07) is 1.39. The fourth-order valence-corrected chi connectivity index (χ4v) is 1.57. The average molecular weight is 246 g/mol. The summed E-state index contributed by atoms with van der Waals surface area (Å²) in [4.78, 5) is 10.9. The molecule has 0 spiro atoms. The van der Waals surface area contributed by atoms with Gasteiger partial charge in [0.1, 0.15) is 0 Å². The third-order valence-electron chi connectivity index (χ3n) is 1.71. The number of H-pyrrole nitrogens is 1. The fourth-order valence-electron chi connectivity index (χ4n) is 1.05. The topological polar surface area (TPSA) is 104 Å². The van der Waals surface area contributed by atoms with Crippen LogP contribution in [0.3, 0.4) is 0 Å². The van der Waals surface area contributed by atoms with Crippen molar-refractivity contribution in [3.8, 4) is 0 Å². The number of aromatic nitrogens is 2. The average Bonchev–Trinajstić information content (AvgIpc) is 2.15. The lowest BCUT2D eigenvalue weighted by molar-refractivity contribution is 0.586. The number of nitrogens with zero attached hydrogens (tertiary/aromatic N) is 1. The Labute approximate surface area is 93.3 Å². The second kappa shape index (κ2) is 5.61. The summed E-state index contributed by atoms with van der Waals surface area (Å²) < 4.78 is 23.8. The van der Waals surface area contributed by atoms with E-state index in [1.807, 2.05) is 0 Å². The van der Waals surface area contributed by atoms with Crippen molar-refractivity contribution in [1.29, 1.82) is 0 Å². The van der Waals surface area contributed by atoms with Crippen LogP contribution >= 0.6 is 0 Å². The van der Waals surface area contributed by atoms with Crippen LogP contribution in [0, 0.1) is 0 Å². The van der Waals surface area contributed by atoms with Gasteiger partial charge >= 0.3 is 0 Å². The molecular formula is C8H14N4O3S. The van der Waals surface area contributed by atoms with Crippen LogP contribution < -0.4 is 15.6 Å². The quantitative estimate of drug-likeness (QED) is 0.565. The van der Waals surface area contributed by atoms with E-state index in [9.17, 15) is 13.2 Å². The van der Waals surface area contributed by atoms with Gasteiger partial charge in [-0.3, -0.25) is 4.79 Å². The van der Waals surface area contributed by atoms with Gasteiger partial charge in [0.2, 0.25) is 10.0 Å². The minimum Gasteiger partial charge on any atom is -0.384 e. The zero-order valence-electron chi connectivity index (χ0n) is 8.86. The minimum absolute atomic E-state index is 0.278. The molecule has 1 rings (SSSR count). The van der Waals surface area contributed by atoms with Gasteiger partial charge in [-0.15, -0.1) is 0 Å². The van der Waals surface area contributed by atoms with Gasteiger partial charge in [-0.2, -0.15) is 5.10 Å². The molecule has 0 bridgehead atoms. The third kappa shape index (κ3) is 5.47. The first-order valence-electron chi connectivity index (χ1n) is 4.70. The number of sulfonamides is 1. The Balaban J connectivity index is 2.24. The number of anilines is 1. The molecule has 0 atom stereocenters. The van der Waals surface area contributed by atoms with Gasteiger partial charge < -0.3 is 5.32 Å². The molecule has 7 nitrogen and oxygen atoms in total. The van der Waals surface area contributed by atoms with Gasteiger partial charge in [0.05, 0.1) is 18.1 Å². The van der Waals surface area contributed by atoms with Crippen molar-refractivity contribution in [3.05, 3.63) is 22.6 Å². The highest BCUT2D eigenvalue weighted by Crippen LogP contribution is 1.97. The van der Waals surface area contributed by atoms with E-state index in [2.05, 4.69) is 20.2 Å². The highest BCUT2D eigenvalue weighted by atomic mass is 32.2. The number of aromatic amines is 1. The number of hydrogen-bond donors (Lipinski definition) is 3. The monoisotopic (exact) mass is 246 g/mol. The first kappa shape index (κ1) is 12.7. The van der Waals surface area contributed by atoms with Crippen LogP contribution in [-0.4, -0.2) is 38.0 Å². The summed E-state index contributed by atoms with van der Waals surface area (Å²) in [6.45, 7) is 0.927. The zero-order chi connectivity index (χ0) is 12.0. The summed E-state index contributed by atoms with van der Waals surface area (Å²) in [7, 11) is -3.12. The van der Waals surface area contributed by atoms with E-state index in [4.69, 9.17) is 0 Å². The summed E-state index contributed by atoms with van der Waals surface area (Å²) in [5.74, 6) is 0. The van der Waals surface area contributed by atoms with Crippen LogP contribution in [0.2, 0.25) is 0 Å². The first-order valence-corrected chi connectivity index (χ1v) is 6.60. The molecule has 0 aliphatic rings. The molecule has 0 aromatic carbocycles. The highest BCUT2D eigenvalue weighted by molar-refractivity contribution is 7.88. The molecule has 1 heterocycles. The molecule has 90 valence electrons. The molecule has 0 unspecified atom stereocenters. The maximum atomic E-state index is 10.9. The van der Waals surface area contributed by atoms with Crippen LogP contribution in [0.5, 0.6) is 0 Å². The van der Waals surface area contributed by atoms with Gasteiger partial charge in [-0.1, -0.05) is 0 Å². The smallest absolute Gasteiger partial charge is 0.266 e. The summed E-state index contributed by atoms with van der Waals surface area (Å²) in [5.41, 5.74) is 0.336. The van der Waals surface area contributed by atoms with E-state index in [-0.39, 0.29) is 5.56 Å². The Morgan fingerprint density at radius 1 is 1.44 bits per heavy atom. The Kier molecular flexibility index (Phi) is 4.44. The largest absolute Gasteiger partial charge is 0.384 e. The molecule has 8 heteroatoms. The second-order valence-electron chi connectivity index (χ2n) is 3.28. The fraction of sp³-hybridized carbons (Fsp3) is 0.500. The molecule has 1 aromatic heterocycles. The predicted molar refractivity (Wildman–Crippen MR) is 60.8 cm³/mol. The van der Waals surface area contributed by atoms with Crippen molar-refractivity contribution in [2.75, 3.05) is 24.7 Å². The second-order valence-corrected chi connectivity index (χ2v) is 5.11. The maximum absolute atomic E-state index is 10.9. The maximum Gasteiger partial charge on any atom is 0.266 e. The Hall–Kier alpha value is -1.41. The standard InChI is InChI=1S/C8H14N4O3S/c1-16(14,15)11-4-2-3-9-7-5-8(13)12-10-6-7/h5-6,11H,2-4H2,1H3,(H2,9,12,13). The van der Waals surface area contributed by atoms with Crippen LogP contribution in [0.4, 0.5) is 5.69 Å². The van der Waals surface area contributed by atoms with Crippen molar-refractivity contribution in [3.63, 3.8) is 0 Å². The van der Waals surface area contributed by atoms with E-state index in [1.54, 1.807) is 0 Å². The van der Waals surface area contributed by atoms with E-state index in [1.165, 1.54) is 12.3 Å². The van der Waals surface area contributed by atoms with E-state index in [0.717, 1.165) is 6.26 Å². The Morgan fingerprint density at radius 2 is 2.19 bits per heavy atom. The first-order chi connectivity index (χ1) is 7.47. The van der Waals surface area contributed by atoms with Crippen molar-refractivity contribution in [2.24, 2.45) is 0 Å². The molecule has 3 N–H and O–H groups in total. The summed E-state index contributed by atoms with van der Waals surface area (Å²) >= 11 is 0. The summed E-state index contributed by atoms with van der Waals surface area (Å²) in [6.07, 6.45) is 3.23. The molecule has 16 heavy (non-hydrogen) atoms. The zero-order valence-corrected chi connectivity index (χ0v) is 9.67. The van der Waals surface area contributed by atoms with Gasteiger partial charge in [0, 0.05) is 19.2 Å². The highest BCUT2D eigenvalue weighted by Gasteiger charge is 1.98. The molecule has 0 amide bonds. The molecule has 0 saturated heterocycles. The molecule has 0 saturated carbocycles. The normalized spacial score (nSPS) is 11.3. The molecule has 1 aromatic rings. The van der Waals surface area contributed by atoms with Crippen LogP contribution in [-0.2, 0) is 10.0 Å². The van der Waals surface area contributed by atoms with Crippen LogP contribution in [0.15, 0.2) is 17.1 Å². The third-order valence-corrected chi connectivity index (χ3v) is 2.44. The number of hydrogen-bond acceptors (Lipinski definition) is 5. The van der Waals surface area contributed by atoms with Gasteiger partial charge in [-0.05, 0) is 6.42 Å². The lowest BCUT2D eigenvalue weighted by atomic mass is 10.4. The van der Waals surface area contributed by atoms with Crippen molar-refractivity contribution >= 4 is 15.7 Å². The molecule has 0 aliphatic heterocycles. The predicted octanol–water partition coefficient (Wildman–Crippen LogP) is -0.879. The summed E-state index contributed by atoms with van der Waals surface area (Å²) in [5, 5.41) is 8.82. The van der Waals surface area contributed by atoms with Gasteiger partial charge in [0.15, 0.2) is 0 Å². The van der Waals surface area contributed by atoms with Crippen molar-refractivity contribution < 1.29 is 8.42 Å². The van der Waals surface area contributed by atoms with Gasteiger partial charge in [0.25, 0.3) is 5.56 Å². The van der Waals surface area contributed by atoms with Crippen LogP contribution in [0.25, 0.3) is 0 Å². The van der Waals surface area contributed by atoms with Crippen molar-refractivity contribution in [1.82, 2.24) is 14.9 Å². The van der Waals surface area contributed by atoms with E-state index >= 15 is 0 Å². The lowest BCUT2D eigenvalue weighted by Crippen LogP contribution is -2.24. The molecule has 0 fully saturated rings. The number of rotatable bonds is 6. The Morgan fingerprint density at radius 3 is 2.81 bits per heavy atom. The minimum atomic E-state index is -3.12. The SMILES string of the molecule is CS(=O)(=O)NCCCNc1cn[nH]c(=O)c1.